The summed E-state index contributed by atoms with van der Waals surface area (Å²) in [6.07, 6.45) is 1.46. The molecule has 2 rings (SSSR count). The highest BCUT2D eigenvalue weighted by Gasteiger charge is 2.30. The number of hydrogen-bond donors (Lipinski definition) is 1. The minimum atomic E-state index is -0.304. The van der Waals surface area contributed by atoms with E-state index < -0.39 is 0 Å². The maximum absolute atomic E-state index is 11.4. The summed E-state index contributed by atoms with van der Waals surface area (Å²) < 4.78 is 4.84. The number of esters is 1. The van der Waals surface area contributed by atoms with E-state index in [0.717, 1.165) is 11.1 Å². The lowest BCUT2D eigenvalue weighted by Crippen LogP contribution is -2.14. The van der Waals surface area contributed by atoms with Gasteiger partial charge in [-0.3, -0.25) is 4.79 Å². The van der Waals surface area contributed by atoms with E-state index in [1.54, 1.807) is 0 Å². The zero-order chi connectivity index (χ0) is 9.97. The Morgan fingerprint density at radius 1 is 1.29 bits per heavy atom. The molecule has 2 N–H and O–H groups in total. The molecule has 1 aliphatic rings. The Morgan fingerprint density at radius 3 is 2.64 bits per heavy atom. The van der Waals surface area contributed by atoms with Crippen molar-refractivity contribution in [2.45, 2.75) is 5.92 Å². The van der Waals surface area contributed by atoms with Gasteiger partial charge in [0.15, 0.2) is 0 Å². The summed E-state index contributed by atoms with van der Waals surface area (Å²) in [6.45, 7) is 0.352. The third kappa shape index (κ3) is 1.42. The third-order valence-corrected chi connectivity index (χ3v) is 2.30. The SMILES string of the molecule is NCC1=COC(=O)C1c1ccccc1. The summed E-state index contributed by atoms with van der Waals surface area (Å²) in [5.74, 6) is -0.544. The molecule has 0 spiro atoms. The molecule has 1 heterocycles. The van der Waals surface area contributed by atoms with E-state index in [1.165, 1.54) is 6.26 Å². The molecule has 3 heteroatoms. The minimum absolute atomic E-state index is 0.239. The monoisotopic (exact) mass is 189 g/mol. The molecule has 0 fully saturated rings. The van der Waals surface area contributed by atoms with Gasteiger partial charge in [-0.25, -0.2) is 0 Å². The summed E-state index contributed by atoms with van der Waals surface area (Å²) in [4.78, 5) is 11.4. The zero-order valence-corrected chi connectivity index (χ0v) is 7.64. The van der Waals surface area contributed by atoms with Crippen LogP contribution in [0.5, 0.6) is 0 Å². The van der Waals surface area contributed by atoms with E-state index in [0.29, 0.717) is 6.54 Å². The van der Waals surface area contributed by atoms with E-state index >= 15 is 0 Å². The third-order valence-electron chi connectivity index (χ3n) is 2.30. The average molecular weight is 189 g/mol. The molecule has 0 radical (unpaired) electrons. The summed E-state index contributed by atoms with van der Waals surface area (Å²) in [7, 11) is 0. The Labute approximate surface area is 82.2 Å². The topological polar surface area (TPSA) is 52.3 Å². The molecule has 1 aromatic rings. The number of benzene rings is 1. The van der Waals surface area contributed by atoms with Gasteiger partial charge < -0.3 is 10.5 Å². The van der Waals surface area contributed by atoms with E-state index in [9.17, 15) is 4.79 Å². The summed E-state index contributed by atoms with van der Waals surface area (Å²) >= 11 is 0. The highest BCUT2D eigenvalue weighted by molar-refractivity contribution is 5.85. The van der Waals surface area contributed by atoms with Crippen molar-refractivity contribution >= 4 is 5.97 Å². The molecule has 1 aliphatic heterocycles. The molecular weight excluding hydrogens is 178 g/mol. The van der Waals surface area contributed by atoms with Crippen LogP contribution in [0.4, 0.5) is 0 Å². The molecule has 0 saturated heterocycles. The lowest BCUT2D eigenvalue weighted by molar-refractivity contribution is -0.136. The second kappa shape index (κ2) is 3.64. The highest BCUT2D eigenvalue weighted by Crippen LogP contribution is 2.29. The fourth-order valence-corrected chi connectivity index (χ4v) is 1.58. The number of hydrogen-bond acceptors (Lipinski definition) is 3. The first-order chi connectivity index (χ1) is 6.83. The minimum Gasteiger partial charge on any atom is -0.434 e. The van der Waals surface area contributed by atoms with Gasteiger partial charge in [-0.15, -0.1) is 0 Å². The maximum atomic E-state index is 11.4. The van der Waals surface area contributed by atoms with E-state index in [2.05, 4.69) is 0 Å². The average Bonchev–Trinajstić information content (AvgIpc) is 2.61. The van der Waals surface area contributed by atoms with Gasteiger partial charge in [-0.05, 0) is 11.1 Å². The lowest BCUT2D eigenvalue weighted by Gasteiger charge is -2.09. The van der Waals surface area contributed by atoms with Crippen LogP contribution in [-0.4, -0.2) is 12.5 Å². The van der Waals surface area contributed by atoms with Crippen LogP contribution < -0.4 is 5.73 Å². The molecule has 0 aromatic heterocycles. The van der Waals surface area contributed by atoms with Crippen LogP contribution >= 0.6 is 0 Å². The van der Waals surface area contributed by atoms with Gasteiger partial charge in [0.1, 0.15) is 5.92 Å². The number of ether oxygens (including phenoxy) is 1. The summed E-state index contributed by atoms with van der Waals surface area (Å²) in [5.41, 5.74) is 7.29. The molecule has 14 heavy (non-hydrogen) atoms. The first-order valence-corrected chi connectivity index (χ1v) is 4.47. The molecule has 1 unspecified atom stereocenters. The number of cyclic esters (lactones) is 1. The van der Waals surface area contributed by atoms with Crippen molar-refractivity contribution in [3.05, 3.63) is 47.7 Å². The molecule has 1 aromatic carbocycles. The summed E-state index contributed by atoms with van der Waals surface area (Å²) in [6, 6.07) is 9.52. The van der Waals surface area contributed by atoms with Gasteiger partial charge in [0.05, 0.1) is 6.26 Å². The molecule has 1 atom stereocenters. The Morgan fingerprint density at radius 2 is 2.00 bits per heavy atom. The molecule has 0 amide bonds. The predicted molar refractivity (Wildman–Crippen MR) is 52.4 cm³/mol. The van der Waals surface area contributed by atoms with Crippen molar-refractivity contribution in [2.75, 3.05) is 6.54 Å². The van der Waals surface area contributed by atoms with Crippen LogP contribution in [0.2, 0.25) is 0 Å². The Hall–Kier alpha value is -1.61. The Balaban J connectivity index is 2.34. The van der Waals surface area contributed by atoms with Gasteiger partial charge in [-0.2, -0.15) is 0 Å². The first-order valence-electron chi connectivity index (χ1n) is 4.47. The Bertz CT molecular complexity index is 370. The van der Waals surface area contributed by atoms with Gasteiger partial charge in [0.2, 0.25) is 0 Å². The molecular formula is C11H11NO2. The molecule has 0 bridgehead atoms. The van der Waals surface area contributed by atoms with E-state index in [1.807, 2.05) is 30.3 Å². The molecule has 0 saturated carbocycles. The lowest BCUT2D eigenvalue weighted by atomic mass is 9.93. The van der Waals surface area contributed by atoms with E-state index in [4.69, 9.17) is 10.5 Å². The highest BCUT2D eigenvalue weighted by atomic mass is 16.5. The molecule has 72 valence electrons. The van der Waals surface area contributed by atoms with Crippen molar-refractivity contribution < 1.29 is 9.53 Å². The number of carbonyl (C=O) groups is 1. The van der Waals surface area contributed by atoms with Crippen molar-refractivity contribution in [3.63, 3.8) is 0 Å². The van der Waals surface area contributed by atoms with Crippen LogP contribution in [0, 0.1) is 0 Å². The number of carbonyl (C=O) groups excluding carboxylic acids is 1. The van der Waals surface area contributed by atoms with Crippen LogP contribution in [0.15, 0.2) is 42.2 Å². The van der Waals surface area contributed by atoms with Gasteiger partial charge in [0, 0.05) is 6.54 Å². The smallest absolute Gasteiger partial charge is 0.322 e. The van der Waals surface area contributed by atoms with Gasteiger partial charge in [0.25, 0.3) is 0 Å². The van der Waals surface area contributed by atoms with Crippen molar-refractivity contribution in [3.8, 4) is 0 Å². The second-order valence-electron chi connectivity index (χ2n) is 3.18. The predicted octanol–water partition coefficient (Wildman–Crippen LogP) is 1.17. The standard InChI is InChI=1S/C11H11NO2/c12-6-9-7-14-11(13)10(9)8-4-2-1-3-5-8/h1-5,7,10H,6,12H2. The van der Waals surface area contributed by atoms with Gasteiger partial charge in [-0.1, -0.05) is 30.3 Å². The van der Waals surface area contributed by atoms with Crippen molar-refractivity contribution in [1.82, 2.24) is 0 Å². The fraction of sp³-hybridized carbons (Fsp3) is 0.182. The quantitative estimate of drug-likeness (QED) is 0.710. The maximum Gasteiger partial charge on any atom is 0.322 e. The number of nitrogens with two attached hydrogens (primary N) is 1. The van der Waals surface area contributed by atoms with Gasteiger partial charge >= 0.3 is 5.97 Å². The molecule has 0 aliphatic carbocycles. The zero-order valence-electron chi connectivity index (χ0n) is 7.64. The van der Waals surface area contributed by atoms with Crippen LogP contribution in [0.25, 0.3) is 0 Å². The van der Waals surface area contributed by atoms with E-state index in [-0.39, 0.29) is 11.9 Å². The second-order valence-corrected chi connectivity index (χ2v) is 3.18. The fourth-order valence-electron chi connectivity index (χ4n) is 1.58. The Kier molecular flexibility index (Phi) is 2.33. The number of rotatable bonds is 2. The molecule has 3 nitrogen and oxygen atoms in total. The van der Waals surface area contributed by atoms with Crippen LogP contribution in [0.1, 0.15) is 11.5 Å². The van der Waals surface area contributed by atoms with Crippen LogP contribution in [-0.2, 0) is 9.53 Å². The van der Waals surface area contributed by atoms with Crippen molar-refractivity contribution in [1.29, 1.82) is 0 Å². The summed E-state index contributed by atoms with van der Waals surface area (Å²) in [5, 5.41) is 0. The first kappa shape index (κ1) is 8.97. The normalized spacial score (nSPS) is 20.5. The largest absolute Gasteiger partial charge is 0.434 e. The van der Waals surface area contributed by atoms with Crippen molar-refractivity contribution in [2.24, 2.45) is 5.73 Å². The van der Waals surface area contributed by atoms with Crippen LogP contribution in [0.3, 0.4) is 0 Å².